The molecule has 1 amide bonds. The number of nitrogen functional groups attached to an aromatic ring is 1. The largest absolute Gasteiger partial charge is 0.368 e. The van der Waals surface area contributed by atoms with Crippen molar-refractivity contribution < 1.29 is 4.79 Å². The summed E-state index contributed by atoms with van der Waals surface area (Å²) >= 11 is 0. The molecule has 27 heavy (non-hydrogen) atoms. The summed E-state index contributed by atoms with van der Waals surface area (Å²) < 4.78 is 0. The Morgan fingerprint density at radius 3 is 2.74 bits per heavy atom. The van der Waals surface area contributed by atoms with Crippen LogP contribution in [-0.4, -0.2) is 28.5 Å². The van der Waals surface area contributed by atoms with Gasteiger partial charge < -0.3 is 16.4 Å². The molecular formula is C21H21N5O. The third kappa shape index (κ3) is 3.52. The van der Waals surface area contributed by atoms with Crippen LogP contribution in [0.1, 0.15) is 11.1 Å². The molecule has 4 N–H and O–H groups in total. The summed E-state index contributed by atoms with van der Waals surface area (Å²) in [5.41, 5.74) is 16.7. The molecule has 1 aliphatic rings. The van der Waals surface area contributed by atoms with Crippen molar-refractivity contribution in [2.75, 3.05) is 17.2 Å². The Bertz CT molecular complexity index is 973. The SMILES string of the molecule is Nc1nccc(-c2ccc3c(c2)CCN3C(=O)[C@H](N)Cc2ccccc2)n1. The van der Waals surface area contributed by atoms with Crippen molar-refractivity contribution in [1.82, 2.24) is 9.97 Å². The molecule has 0 bridgehead atoms. The zero-order valence-corrected chi connectivity index (χ0v) is 14.9. The van der Waals surface area contributed by atoms with Crippen LogP contribution in [0.4, 0.5) is 11.6 Å². The molecule has 4 rings (SSSR count). The van der Waals surface area contributed by atoms with Crippen LogP contribution in [0.15, 0.2) is 60.8 Å². The lowest BCUT2D eigenvalue weighted by Gasteiger charge is -2.22. The van der Waals surface area contributed by atoms with Crippen molar-refractivity contribution in [1.29, 1.82) is 0 Å². The number of hydrogen-bond donors (Lipinski definition) is 2. The number of fused-ring (bicyclic) bond motifs is 1. The molecule has 2 heterocycles. The van der Waals surface area contributed by atoms with E-state index in [2.05, 4.69) is 16.0 Å². The molecule has 0 spiro atoms. The van der Waals surface area contributed by atoms with Gasteiger partial charge in [0.15, 0.2) is 0 Å². The maximum atomic E-state index is 12.9. The lowest BCUT2D eigenvalue weighted by atomic mass is 10.0. The molecule has 0 unspecified atom stereocenters. The van der Waals surface area contributed by atoms with Crippen molar-refractivity contribution in [3.05, 3.63) is 71.9 Å². The zero-order valence-electron chi connectivity index (χ0n) is 14.9. The zero-order chi connectivity index (χ0) is 18.8. The average molecular weight is 359 g/mol. The number of hydrogen-bond acceptors (Lipinski definition) is 5. The summed E-state index contributed by atoms with van der Waals surface area (Å²) in [4.78, 5) is 22.9. The van der Waals surface area contributed by atoms with Gasteiger partial charge in [-0.2, -0.15) is 0 Å². The number of rotatable bonds is 4. The van der Waals surface area contributed by atoms with E-state index in [1.807, 2.05) is 48.5 Å². The van der Waals surface area contributed by atoms with Crippen LogP contribution in [0.3, 0.4) is 0 Å². The molecule has 0 fully saturated rings. The summed E-state index contributed by atoms with van der Waals surface area (Å²) in [6.45, 7) is 0.645. The lowest BCUT2D eigenvalue weighted by molar-refractivity contribution is -0.119. The lowest BCUT2D eigenvalue weighted by Crippen LogP contribution is -2.44. The van der Waals surface area contributed by atoms with E-state index in [0.29, 0.717) is 13.0 Å². The van der Waals surface area contributed by atoms with E-state index < -0.39 is 6.04 Å². The summed E-state index contributed by atoms with van der Waals surface area (Å²) in [6.07, 6.45) is 2.97. The van der Waals surface area contributed by atoms with Crippen LogP contribution >= 0.6 is 0 Å². The van der Waals surface area contributed by atoms with Crippen molar-refractivity contribution in [3.8, 4) is 11.3 Å². The van der Waals surface area contributed by atoms with E-state index in [1.165, 1.54) is 0 Å². The molecule has 1 aromatic heterocycles. The number of nitrogens with two attached hydrogens (primary N) is 2. The monoisotopic (exact) mass is 359 g/mol. The smallest absolute Gasteiger partial charge is 0.244 e. The summed E-state index contributed by atoms with van der Waals surface area (Å²) in [7, 11) is 0. The number of carbonyl (C=O) groups is 1. The van der Waals surface area contributed by atoms with Crippen LogP contribution in [-0.2, 0) is 17.6 Å². The molecule has 0 saturated carbocycles. The summed E-state index contributed by atoms with van der Waals surface area (Å²) in [6, 6.07) is 17.1. The van der Waals surface area contributed by atoms with Gasteiger partial charge in [-0.25, -0.2) is 9.97 Å². The van der Waals surface area contributed by atoms with Crippen molar-refractivity contribution in [2.45, 2.75) is 18.9 Å². The first-order chi connectivity index (χ1) is 13.1. The standard InChI is InChI=1S/C21H21N5O/c22-17(12-14-4-2-1-3-5-14)20(27)26-11-9-16-13-15(6-7-19(16)26)18-8-10-24-21(23)25-18/h1-8,10,13,17H,9,11-12,22H2,(H2,23,24,25)/t17-/m1/s1. The Labute approximate surface area is 157 Å². The Morgan fingerprint density at radius 1 is 1.15 bits per heavy atom. The number of aromatic nitrogens is 2. The minimum atomic E-state index is -0.556. The Morgan fingerprint density at radius 2 is 1.96 bits per heavy atom. The highest BCUT2D eigenvalue weighted by molar-refractivity contribution is 5.99. The van der Waals surface area contributed by atoms with E-state index >= 15 is 0 Å². The predicted molar refractivity (Wildman–Crippen MR) is 106 cm³/mol. The minimum absolute atomic E-state index is 0.0448. The van der Waals surface area contributed by atoms with Gasteiger partial charge in [0.1, 0.15) is 0 Å². The third-order valence-electron chi connectivity index (χ3n) is 4.83. The molecule has 0 aliphatic carbocycles. The first-order valence-electron chi connectivity index (χ1n) is 8.94. The van der Waals surface area contributed by atoms with E-state index in [0.717, 1.165) is 34.5 Å². The number of nitrogens with zero attached hydrogens (tertiary/aromatic N) is 3. The minimum Gasteiger partial charge on any atom is -0.368 e. The Kier molecular flexibility index (Phi) is 4.56. The molecule has 136 valence electrons. The van der Waals surface area contributed by atoms with Gasteiger partial charge in [0.2, 0.25) is 11.9 Å². The molecule has 2 aromatic carbocycles. The normalized spacial score (nSPS) is 14.0. The average Bonchev–Trinajstić information content (AvgIpc) is 3.11. The van der Waals surface area contributed by atoms with Gasteiger partial charge in [-0.05, 0) is 42.2 Å². The molecule has 3 aromatic rings. The molecule has 0 saturated heterocycles. The highest BCUT2D eigenvalue weighted by atomic mass is 16.2. The summed E-state index contributed by atoms with van der Waals surface area (Å²) in [5.74, 6) is 0.202. The van der Waals surface area contributed by atoms with Gasteiger partial charge in [0.25, 0.3) is 0 Å². The number of carbonyl (C=O) groups excluding carboxylic acids is 1. The van der Waals surface area contributed by atoms with Gasteiger partial charge in [0.05, 0.1) is 11.7 Å². The number of anilines is 2. The topological polar surface area (TPSA) is 98.1 Å². The first-order valence-corrected chi connectivity index (χ1v) is 8.94. The molecular weight excluding hydrogens is 338 g/mol. The van der Waals surface area contributed by atoms with Crippen LogP contribution in [0, 0.1) is 0 Å². The van der Waals surface area contributed by atoms with Crippen molar-refractivity contribution >= 4 is 17.5 Å². The van der Waals surface area contributed by atoms with Gasteiger partial charge in [-0.15, -0.1) is 0 Å². The number of amides is 1. The van der Waals surface area contributed by atoms with E-state index in [9.17, 15) is 4.79 Å². The predicted octanol–water partition coefficient (Wildman–Crippen LogP) is 2.18. The molecule has 0 radical (unpaired) electrons. The first kappa shape index (κ1) is 17.2. The fourth-order valence-electron chi connectivity index (χ4n) is 3.48. The van der Waals surface area contributed by atoms with Crippen molar-refractivity contribution in [2.24, 2.45) is 5.73 Å². The maximum Gasteiger partial charge on any atom is 0.244 e. The van der Waals surface area contributed by atoms with Crippen molar-refractivity contribution in [3.63, 3.8) is 0 Å². The Balaban J connectivity index is 1.54. The van der Waals surface area contributed by atoms with Crippen LogP contribution in [0.5, 0.6) is 0 Å². The van der Waals surface area contributed by atoms with Gasteiger partial charge in [-0.3, -0.25) is 4.79 Å². The fraction of sp³-hybridized carbons (Fsp3) is 0.190. The second kappa shape index (κ2) is 7.17. The van der Waals surface area contributed by atoms with Crippen LogP contribution < -0.4 is 16.4 Å². The molecule has 1 aliphatic heterocycles. The fourth-order valence-corrected chi connectivity index (χ4v) is 3.48. The second-order valence-electron chi connectivity index (χ2n) is 6.68. The third-order valence-corrected chi connectivity index (χ3v) is 4.83. The molecule has 6 nitrogen and oxygen atoms in total. The highest BCUT2D eigenvalue weighted by Gasteiger charge is 2.28. The molecule has 6 heteroatoms. The van der Waals surface area contributed by atoms with E-state index in [-0.39, 0.29) is 11.9 Å². The van der Waals surface area contributed by atoms with Crippen LogP contribution in [0.2, 0.25) is 0 Å². The molecule has 1 atom stereocenters. The second-order valence-corrected chi connectivity index (χ2v) is 6.68. The highest BCUT2D eigenvalue weighted by Crippen LogP contribution is 2.32. The number of benzene rings is 2. The van der Waals surface area contributed by atoms with Gasteiger partial charge in [0, 0.05) is 24.0 Å². The van der Waals surface area contributed by atoms with Gasteiger partial charge in [-0.1, -0.05) is 36.4 Å². The Hall–Kier alpha value is -3.25. The quantitative estimate of drug-likeness (QED) is 0.744. The van der Waals surface area contributed by atoms with E-state index in [4.69, 9.17) is 11.5 Å². The summed E-state index contributed by atoms with van der Waals surface area (Å²) in [5, 5.41) is 0. The van der Waals surface area contributed by atoms with Gasteiger partial charge >= 0.3 is 0 Å². The van der Waals surface area contributed by atoms with E-state index in [1.54, 1.807) is 11.1 Å². The maximum absolute atomic E-state index is 12.9. The van der Waals surface area contributed by atoms with Crippen LogP contribution in [0.25, 0.3) is 11.3 Å².